The van der Waals surface area contributed by atoms with E-state index in [4.69, 9.17) is 9.47 Å². The predicted molar refractivity (Wildman–Crippen MR) is 171 cm³/mol. The average molecular weight is 630 g/mol. The molecule has 3 aliphatic rings. The van der Waals surface area contributed by atoms with Gasteiger partial charge in [-0.05, 0) is 37.3 Å². The number of nitrogens with zero attached hydrogens (tertiary/aromatic N) is 2. The van der Waals surface area contributed by atoms with Crippen LogP contribution in [0.3, 0.4) is 0 Å². The first kappa shape index (κ1) is 33.1. The monoisotopic (exact) mass is 629 g/mol. The van der Waals surface area contributed by atoms with Gasteiger partial charge in [-0.1, -0.05) is 72.8 Å². The van der Waals surface area contributed by atoms with Gasteiger partial charge in [-0.15, -0.1) is 13.2 Å². The van der Waals surface area contributed by atoms with Gasteiger partial charge in [0, 0.05) is 19.5 Å². The Kier molecular flexibility index (Phi) is 10.4. The summed E-state index contributed by atoms with van der Waals surface area (Å²) in [5, 5.41) is 13.0. The molecular formula is C36H43N3O7. The summed E-state index contributed by atoms with van der Waals surface area (Å²) in [4.78, 5) is 58.3. The van der Waals surface area contributed by atoms with Gasteiger partial charge >= 0.3 is 5.97 Å². The number of hydrogen-bond donors (Lipinski definition) is 2. The topological polar surface area (TPSA) is 125 Å². The third-order valence-corrected chi connectivity index (χ3v) is 9.35. The van der Waals surface area contributed by atoms with E-state index in [1.54, 1.807) is 24.0 Å². The molecule has 5 rings (SSSR count). The van der Waals surface area contributed by atoms with Gasteiger partial charge in [-0.25, -0.2) is 0 Å². The lowest BCUT2D eigenvalue weighted by atomic mass is 9.70. The van der Waals surface area contributed by atoms with E-state index in [9.17, 15) is 24.3 Å². The van der Waals surface area contributed by atoms with Gasteiger partial charge in [0.15, 0.2) is 0 Å². The van der Waals surface area contributed by atoms with E-state index in [-0.39, 0.29) is 37.9 Å². The molecule has 3 heterocycles. The Balaban J connectivity index is 1.43. The summed E-state index contributed by atoms with van der Waals surface area (Å²) in [6.07, 6.45) is 3.57. The number of carbonyl (C=O) groups is 4. The number of likely N-dealkylation sites (tertiary alicyclic amines) is 1. The van der Waals surface area contributed by atoms with E-state index < -0.39 is 53.6 Å². The number of aliphatic hydroxyl groups is 1. The smallest absolute Gasteiger partial charge is 0.313 e. The van der Waals surface area contributed by atoms with Crippen LogP contribution in [-0.4, -0.2) is 82.1 Å². The Bertz CT molecular complexity index is 1430. The highest BCUT2D eigenvalue weighted by Crippen LogP contribution is 2.59. The molecule has 2 aromatic rings. The third-order valence-electron chi connectivity index (χ3n) is 9.35. The van der Waals surface area contributed by atoms with E-state index in [0.29, 0.717) is 31.4 Å². The standard InChI is InChI=1S/C36H43N3O7/c1-4-6-17-29(41)37-21-28(26-15-11-8-12-16-26)45-35(44)30-27-18-19-36(46-27)31(30)33(42)39(24(3)23-40)32(36)34(43)38(20-5-2)22-25-13-9-7-10-14-25/h4-5,7-16,24,27-28,30-32,40H,1-2,6,17-23H2,3H3,(H,37,41)/t24-,27+,28-,30-,31-,32+,36-/m1/s1. The molecule has 2 aromatic carbocycles. The lowest BCUT2D eigenvalue weighted by molar-refractivity contribution is -0.161. The zero-order valence-corrected chi connectivity index (χ0v) is 26.3. The molecule has 3 amide bonds. The molecule has 7 atom stereocenters. The van der Waals surface area contributed by atoms with Gasteiger partial charge in [-0.2, -0.15) is 0 Å². The predicted octanol–water partition coefficient (Wildman–Crippen LogP) is 3.32. The molecule has 2 bridgehead atoms. The number of nitrogens with one attached hydrogen (secondary N) is 1. The summed E-state index contributed by atoms with van der Waals surface area (Å²) in [6, 6.07) is 16.9. The summed E-state index contributed by atoms with van der Waals surface area (Å²) in [7, 11) is 0. The number of carbonyl (C=O) groups excluding carboxylic acids is 4. The number of amides is 3. The Morgan fingerprint density at radius 2 is 1.83 bits per heavy atom. The third kappa shape index (κ3) is 6.37. The van der Waals surface area contributed by atoms with E-state index in [1.165, 1.54) is 4.90 Å². The number of ether oxygens (including phenoxy) is 2. The number of rotatable bonds is 15. The largest absolute Gasteiger partial charge is 0.455 e. The molecule has 3 saturated heterocycles. The number of hydrogen-bond acceptors (Lipinski definition) is 7. The number of esters is 1. The summed E-state index contributed by atoms with van der Waals surface area (Å²) < 4.78 is 12.6. The molecule has 244 valence electrons. The van der Waals surface area contributed by atoms with Crippen molar-refractivity contribution >= 4 is 23.7 Å². The van der Waals surface area contributed by atoms with Crippen molar-refractivity contribution in [2.24, 2.45) is 11.8 Å². The maximum Gasteiger partial charge on any atom is 0.313 e. The summed E-state index contributed by atoms with van der Waals surface area (Å²) in [6.45, 7) is 9.41. The SMILES string of the molecule is C=CCCC(=O)NC[C@@H](OC(=O)[C@@H]1[C@@H]2CC[C@]3(O2)[C@H](C(=O)N(CC=C)Cc2ccccc2)N([C@H](C)CO)C(=O)[C@@H]13)c1ccccc1. The van der Waals surface area contributed by atoms with Crippen LogP contribution in [0.4, 0.5) is 0 Å². The first-order chi connectivity index (χ1) is 22.2. The van der Waals surface area contributed by atoms with E-state index in [1.807, 2.05) is 60.7 Å². The normalized spacial score (nSPS) is 25.8. The second kappa shape index (κ2) is 14.4. The fraction of sp³-hybridized carbons (Fsp3) is 0.444. The molecule has 0 aromatic heterocycles. The molecular weight excluding hydrogens is 586 g/mol. The van der Waals surface area contributed by atoms with Crippen molar-refractivity contribution in [1.29, 1.82) is 0 Å². The minimum atomic E-state index is -1.25. The van der Waals surface area contributed by atoms with Crippen molar-refractivity contribution in [3.63, 3.8) is 0 Å². The molecule has 2 N–H and O–H groups in total. The second-order valence-corrected chi connectivity index (χ2v) is 12.3. The fourth-order valence-corrected chi connectivity index (χ4v) is 7.21. The lowest BCUT2D eigenvalue weighted by Gasteiger charge is -2.38. The second-order valence-electron chi connectivity index (χ2n) is 12.3. The van der Waals surface area contributed by atoms with Crippen LogP contribution in [0, 0.1) is 11.8 Å². The first-order valence-corrected chi connectivity index (χ1v) is 15.9. The van der Waals surface area contributed by atoms with Crippen LogP contribution in [0.15, 0.2) is 86.0 Å². The molecule has 3 fully saturated rings. The zero-order chi connectivity index (χ0) is 32.8. The molecule has 1 spiro atoms. The average Bonchev–Trinajstić information content (AvgIpc) is 3.73. The summed E-state index contributed by atoms with van der Waals surface area (Å²) in [5.74, 6) is -3.44. The maximum atomic E-state index is 14.5. The van der Waals surface area contributed by atoms with Crippen molar-refractivity contribution in [3.05, 3.63) is 97.1 Å². The molecule has 46 heavy (non-hydrogen) atoms. The Hall–Kier alpha value is -4.28. The van der Waals surface area contributed by atoms with E-state index in [0.717, 1.165) is 5.56 Å². The van der Waals surface area contributed by atoms with E-state index >= 15 is 0 Å². The van der Waals surface area contributed by atoms with Crippen LogP contribution in [0.25, 0.3) is 0 Å². The van der Waals surface area contributed by atoms with Crippen LogP contribution in [-0.2, 0) is 35.2 Å². The highest BCUT2D eigenvalue weighted by atomic mass is 16.6. The zero-order valence-electron chi connectivity index (χ0n) is 26.3. The molecule has 0 aliphatic carbocycles. The van der Waals surface area contributed by atoms with Gasteiger partial charge in [0.25, 0.3) is 0 Å². The Morgan fingerprint density at radius 3 is 2.48 bits per heavy atom. The summed E-state index contributed by atoms with van der Waals surface area (Å²) >= 11 is 0. The molecule has 10 heteroatoms. The molecule has 0 saturated carbocycles. The number of aliphatic hydroxyl groups excluding tert-OH is 1. The molecule has 3 aliphatic heterocycles. The molecule has 10 nitrogen and oxygen atoms in total. The Morgan fingerprint density at radius 1 is 1.13 bits per heavy atom. The van der Waals surface area contributed by atoms with Gasteiger partial charge in [-0.3, -0.25) is 19.2 Å². The van der Waals surface area contributed by atoms with Crippen molar-refractivity contribution in [1.82, 2.24) is 15.1 Å². The van der Waals surface area contributed by atoms with Gasteiger partial charge in [0.2, 0.25) is 17.7 Å². The Labute approximate surface area is 270 Å². The lowest BCUT2D eigenvalue weighted by Crippen LogP contribution is -2.58. The van der Waals surface area contributed by atoms with Crippen LogP contribution in [0.1, 0.15) is 49.8 Å². The highest BCUT2D eigenvalue weighted by Gasteiger charge is 2.75. The van der Waals surface area contributed by atoms with Gasteiger partial charge < -0.3 is 29.7 Å². The van der Waals surface area contributed by atoms with Crippen LogP contribution in [0.5, 0.6) is 0 Å². The van der Waals surface area contributed by atoms with Crippen molar-refractivity contribution in [3.8, 4) is 0 Å². The summed E-state index contributed by atoms with van der Waals surface area (Å²) in [5.41, 5.74) is 0.365. The number of fused-ring (bicyclic) bond motifs is 1. The number of benzene rings is 2. The maximum absolute atomic E-state index is 14.5. The highest BCUT2D eigenvalue weighted by molar-refractivity contribution is 5.98. The van der Waals surface area contributed by atoms with Crippen LogP contribution < -0.4 is 5.32 Å². The fourth-order valence-electron chi connectivity index (χ4n) is 7.21. The van der Waals surface area contributed by atoms with Crippen molar-refractivity contribution < 1.29 is 33.8 Å². The first-order valence-electron chi connectivity index (χ1n) is 15.9. The minimum absolute atomic E-state index is 0.0541. The number of allylic oxidation sites excluding steroid dienone is 1. The molecule has 0 unspecified atom stereocenters. The van der Waals surface area contributed by atoms with Gasteiger partial charge in [0.05, 0.1) is 37.1 Å². The minimum Gasteiger partial charge on any atom is -0.455 e. The quantitative estimate of drug-likeness (QED) is 0.229. The molecule has 0 radical (unpaired) electrons. The van der Waals surface area contributed by atoms with Crippen LogP contribution in [0.2, 0.25) is 0 Å². The van der Waals surface area contributed by atoms with Crippen molar-refractivity contribution in [2.75, 3.05) is 19.7 Å². The van der Waals surface area contributed by atoms with Crippen LogP contribution >= 0.6 is 0 Å². The van der Waals surface area contributed by atoms with Crippen molar-refractivity contribution in [2.45, 2.75) is 69.0 Å². The van der Waals surface area contributed by atoms with Gasteiger partial charge in [0.1, 0.15) is 17.7 Å². The van der Waals surface area contributed by atoms with E-state index in [2.05, 4.69) is 18.5 Å².